The highest BCUT2D eigenvalue weighted by Crippen LogP contribution is 2.19. The summed E-state index contributed by atoms with van der Waals surface area (Å²) in [6, 6.07) is 14.2. The van der Waals surface area contributed by atoms with Gasteiger partial charge in [0.2, 0.25) is 0 Å². The lowest BCUT2D eigenvalue weighted by Crippen LogP contribution is -2.32. The third kappa shape index (κ3) is 5.14. The molecule has 2 aromatic rings. The fourth-order valence-electron chi connectivity index (χ4n) is 3.34. The second-order valence-corrected chi connectivity index (χ2v) is 7.23. The number of nitrogens with zero attached hydrogens (tertiary/aromatic N) is 2. The second kappa shape index (κ2) is 8.77. The molecule has 2 aromatic carbocycles. The largest absolute Gasteiger partial charge is 0.348 e. The van der Waals surface area contributed by atoms with E-state index in [4.69, 9.17) is 0 Å². The van der Waals surface area contributed by atoms with Crippen LogP contribution < -0.4 is 5.32 Å². The van der Waals surface area contributed by atoms with E-state index in [-0.39, 0.29) is 11.3 Å². The normalized spacial score (nSPS) is 15.4. The third-order valence-corrected chi connectivity index (χ3v) is 5.10. The molecule has 6 heteroatoms. The zero-order valence-electron chi connectivity index (χ0n) is 15.6. The van der Waals surface area contributed by atoms with E-state index >= 15 is 0 Å². The van der Waals surface area contributed by atoms with E-state index in [1.165, 1.54) is 30.5 Å². The van der Waals surface area contributed by atoms with Crippen LogP contribution in [0.4, 0.5) is 5.69 Å². The number of nitrogens with one attached hydrogen (secondary N) is 1. The lowest BCUT2D eigenvalue weighted by molar-refractivity contribution is -0.385. The van der Waals surface area contributed by atoms with Crippen LogP contribution in [0.3, 0.4) is 0 Å². The number of nitro benzene ring substituents is 1. The number of piperidine rings is 1. The Labute approximate surface area is 159 Å². The van der Waals surface area contributed by atoms with Crippen LogP contribution in [0.15, 0.2) is 48.5 Å². The maximum Gasteiger partial charge on any atom is 0.282 e. The molecule has 0 spiro atoms. The van der Waals surface area contributed by atoms with Crippen molar-refractivity contribution < 1.29 is 9.72 Å². The first kappa shape index (κ1) is 19.0. The molecule has 1 aliphatic heterocycles. The van der Waals surface area contributed by atoms with Gasteiger partial charge in [0.15, 0.2) is 0 Å². The van der Waals surface area contributed by atoms with Crippen LogP contribution in [0.1, 0.15) is 41.3 Å². The molecule has 6 nitrogen and oxygen atoms in total. The van der Waals surface area contributed by atoms with E-state index in [9.17, 15) is 14.9 Å². The number of rotatable bonds is 6. The van der Waals surface area contributed by atoms with Crippen molar-refractivity contribution in [1.29, 1.82) is 0 Å². The highest BCUT2D eigenvalue weighted by Gasteiger charge is 2.19. The molecule has 1 fully saturated rings. The van der Waals surface area contributed by atoms with Crippen molar-refractivity contribution in [2.24, 2.45) is 5.92 Å². The number of carbonyl (C=O) groups is 1. The van der Waals surface area contributed by atoms with Crippen LogP contribution in [0.5, 0.6) is 0 Å². The van der Waals surface area contributed by atoms with Crippen LogP contribution in [0.2, 0.25) is 0 Å². The van der Waals surface area contributed by atoms with E-state index in [0.717, 1.165) is 31.1 Å². The first-order chi connectivity index (χ1) is 13.0. The molecule has 0 aliphatic carbocycles. The van der Waals surface area contributed by atoms with E-state index in [0.29, 0.717) is 6.54 Å². The van der Waals surface area contributed by atoms with Crippen molar-refractivity contribution in [2.75, 3.05) is 13.1 Å². The summed E-state index contributed by atoms with van der Waals surface area (Å²) in [5, 5.41) is 13.8. The van der Waals surface area contributed by atoms with E-state index < -0.39 is 10.8 Å². The number of benzene rings is 2. The zero-order valence-corrected chi connectivity index (χ0v) is 15.6. The summed E-state index contributed by atoms with van der Waals surface area (Å²) in [6.45, 7) is 5.90. The van der Waals surface area contributed by atoms with Crippen molar-refractivity contribution in [2.45, 2.75) is 32.9 Å². The predicted octanol–water partition coefficient (Wildman–Crippen LogP) is 3.76. The molecule has 27 heavy (non-hydrogen) atoms. The Morgan fingerprint density at radius 2 is 1.74 bits per heavy atom. The number of nitro groups is 1. The van der Waals surface area contributed by atoms with E-state index in [2.05, 4.69) is 29.3 Å². The zero-order chi connectivity index (χ0) is 19.2. The minimum atomic E-state index is -0.537. The minimum absolute atomic E-state index is 0.0819. The molecule has 0 atom stereocenters. The summed E-state index contributed by atoms with van der Waals surface area (Å²) in [6.07, 6.45) is 2.52. The van der Waals surface area contributed by atoms with Crippen molar-refractivity contribution in [3.63, 3.8) is 0 Å². The van der Waals surface area contributed by atoms with Crippen molar-refractivity contribution in [1.82, 2.24) is 10.2 Å². The number of amides is 1. The third-order valence-electron chi connectivity index (χ3n) is 5.10. The van der Waals surface area contributed by atoms with Crippen molar-refractivity contribution >= 4 is 11.6 Å². The molecule has 1 amide bonds. The molecule has 0 bridgehead atoms. The fourth-order valence-corrected chi connectivity index (χ4v) is 3.34. The van der Waals surface area contributed by atoms with E-state index in [1.54, 1.807) is 12.1 Å². The second-order valence-electron chi connectivity index (χ2n) is 7.23. The summed E-state index contributed by atoms with van der Waals surface area (Å²) in [7, 11) is 0. The molecule has 0 aromatic heterocycles. The van der Waals surface area contributed by atoms with Gasteiger partial charge in [-0.3, -0.25) is 19.8 Å². The highest BCUT2D eigenvalue weighted by atomic mass is 16.6. The molecule has 1 heterocycles. The number of carbonyl (C=O) groups excluding carboxylic acids is 1. The molecule has 0 radical (unpaired) electrons. The van der Waals surface area contributed by atoms with Crippen LogP contribution in [-0.2, 0) is 13.1 Å². The SMILES string of the molecule is CC1CCN(Cc2ccc(CNC(=O)c3ccccc3[N+](=O)[O-])cc2)CC1. The average Bonchev–Trinajstić information content (AvgIpc) is 2.69. The van der Waals surface area contributed by atoms with Gasteiger partial charge >= 0.3 is 0 Å². The van der Waals surface area contributed by atoms with Gasteiger partial charge in [-0.15, -0.1) is 0 Å². The van der Waals surface area contributed by atoms with Gasteiger partial charge in [0.05, 0.1) is 4.92 Å². The average molecular weight is 367 g/mol. The first-order valence-electron chi connectivity index (χ1n) is 9.34. The molecular weight excluding hydrogens is 342 g/mol. The summed E-state index contributed by atoms with van der Waals surface area (Å²) in [5.41, 5.74) is 2.14. The number of hydrogen-bond acceptors (Lipinski definition) is 4. The van der Waals surface area contributed by atoms with Gasteiger partial charge < -0.3 is 5.32 Å². The molecule has 0 unspecified atom stereocenters. The summed E-state index contributed by atoms with van der Waals surface area (Å²) < 4.78 is 0. The molecule has 0 saturated carbocycles. The van der Waals surface area contributed by atoms with E-state index in [1.807, 2.05) is 12.1 Å². The Kier molecular flexibility index (Phi) is 6.19. The Hall–Kier alpha value is -2.73. The Morgan fingerprint density at radius 1 is 1.11 bits per heavy atom. The van der Waals surface area contributed by atoms with Gasteiger partial charge in [0, 0.05) is 19.2 Å². The van der Waals surface area contributed by atoms with Crippen LogP contribution in [0.25, 0.3) is 0 Å². The standard InChI is InChI=1S/C21H25N3O3/c1-16-10-12-23(13-11-16)15-18-8-6-17(7-9-18)14-22-21(25)19-4-2-3-5-20(19)24(26)27/h2-9,16H,10-15H2,1H3,(H,22,25). The Balaban J connectivity index is 1.54. The number of para-hydroxylation sites is 1. The minimum Gasteiger partial charge on any atom is -0.348 e. The summed E-state index contributed by atoms with van der Waals surface area (Å²) >= 11 is 0. The molecule has 1 saturated heterocycles. The number of hydrogen-bond donors (Lipinski definition) is 1. The Morgan fingerprint density at radius 3 is 2.41 bits per heavy atom. The van der Waals surface area contributed by atoms with Gasteiger partial charge in [-0.25, -0.2) is 0 Å². The van der Waals surface area contributed by atoms with Crippen molar-refractivity contribution in [3.8, 4) is 0 Å². The lowest BCUT2D eigenvalue weighted by Gasteiger charge is -2.30. The maximum atomic E-state index is 12.3. The van der Waals surface area contributed by atoms with Crippen molar-refractivity contribution in [3.05, 3.63) is 75.3 Å². The van der Waals surface area contributed by atoms with Crippen LogP contribution >= 0.6 is 0 Å². The molecule has 1 aliphatic rings. The van der Waals surface area contributed by atoms with Crippen LogP contribution in [-0.4, -0.2) is 28.8 Å². The van der Waals surface area contributed by atoms with Gasteiger partial charge in [0.25, 0.3) is 11.6 Å². The molecule has 142 valence electrons. The highest BCUT2D eigenvalue weighted by molar-refractivity contribution is 5.98. The first-order valence-corrected chi connectivity index (χ1v) is 9.34. The van der Waals surface area contributed by atoms with Gasteiger partial charge in [0.1, 0.15) is 5.56 Å². The van der Waals surface area contributed by atoms with Gasteiger partial charge in [-0.1, -0.05) is 43.3 Å². The smallest absolute Gasteiger partial charge is 0.282 e. The lowest BCUT2D eigenvalue weighted by atomic mass is 9.99. The molecular formula is C21H25N3O3. The Bertz CT molecular complexity index is 797. The summed E-state index contributed by atoms with van der Waals surface area (Å²) in [4.78, 5) is 25.3. The predicted molar refractivity (Wildman–Crippen MR) is 104 cm³/mol. The molecule has 1 N–H and O–H groups in total. The maximum absolute atomic E-state index is 12.3. The number of likely N-dealkylation sites (tertiary alicyclic amines) is 1. The van der Waals surface area contributed by atoms with Gasteiger partial charge in [-0.05, 0) is 49.0 Å². The summed E-state index contributed by atoms with van der Waals surface area (Å²) in [5.74, 6) is 0.390. The van der Waals surface area contributed by atoms with Gasteiger partial charge in [-0.2, -0.15) is 0 Å². The molecule has 3 rings (SSSR count). The van der Waals surface area contributed by atoms with Crippen LogP contribution in [0, 0.1) is 16.0 Å². The topological polar surface area (TPSA) is 75.5 Å². The monoisotopic (exact) mass is 367 g/mol. The fraction of sp³-hybridized carbons (Fsp3) is 0.381. The quantitative estimate of drug-likeness (QED) is 0.623.